The number of rotatable bonds is 4. The van der Waals surface area contributed by atoms with Crippen LogP contribution in [0.3, 0.4) is 0 Å². The minimum atomic E-state index is -0.0254. The summed E-state index contributed by atoms with van der Waals surface area (Å²) in [5.41, 5.74) is 1.25. The smallest absolute Gasteiger partial charge is 0.239 e. The van der Waals surface area contributed by atoms with E-state index in [9.17, 15) is 4.79 Å². The first-order chi connectivity index (χ1) is 10.1. The van der Waals surface area contributed by atoms with Crippen LogP contribution in [0.4, 0.5) is 0 Å². The van der Waals surface area contributed by atoms with E-state index in [-0.39, 0.29) is 18.1 Å². The number of likely N-dealkylation sites (tertiary alicyclic amines) is 1. The highest BCUT2D eigenvalue weighted by molar-refractivity contribution is 5.82. The number of carbonyl (C=O) groups is 1. The number of carbonyl (C=O) groups excluding carboxylic acids is 1. The fourth-order valence-electron chi connectivity index (χ4n) is 3.28. The minimum absolute atomic E-state index is 0.0254. The van der Waals surface area contributed by atoms with E-state index < -0.39 is 0 Å². The Bertz CT molecular complexity index is 490. The van der Waals surface area contributed by atoms with E-state index in [4.69, 9.17) is 4.74 Å². The topological polar surface area (TPSA) is 41.6 Å². The van der Waals surface area contributed by atoms with Crippen molar-refractivity contribution in [3.8, 4) is 5.75 Å². The molecule has 1 fully saturated rings. The van der Waals surface area contributed by atoms with Gasteiger partial charge in [-0.2, -0.15) is 0 Å². The SMILES string of the molecule is CC(C)NC1CCCN(CC2Cc3ccccc3O2)C1=O. The van der Waals surface area contributed by atoms with Crippen molar-refractivity contribution in [2.75, 3.05) is 13.1 Å². The molecule has 2 unspecified atom stereocenters. The third kappa shape index (κ3) is 3.21. The molecule has 2 heterocycles. The highest BCUT2D eigenvalue weighted by Crippen LogP contribution is 2.29. The third-order valence-electron chi connectivity index (χ3n) is 4.20. The number of benzene rings is 1. The first kappa shape index (κ1) is 14.4. The highest BCUT2D eigenvalue weighted by Gasteiger charge is 2.32. The van der Waals surface area contributed by atoms with E-state index >= 15 is 0 Å². The van der Waals surface area contributed by atoms with Crippen LogP contribution >= 0.6 is 0 Å². The number of amides is 1. The van der Waals surface area contributed by atoms with Crippen LogP contribution in [-0.4, -0.2) is 42.1 Å². The molecule has 0 saturated carbocycles. The summed E-state index contributed by atoms with van der Waals surface area (Å²) in [5, 5.41) is 3.37. The fourth-order valence-corrected chi connectivity index (χ4v) is 3.28. The molecule has 4 nitrogen and oxygen atoms in total. The summed E-state index contributed by atoms with van der Waals surface area (Å²) in [4.78, 5) is 14.5. The van der Waals surface area contributed by atoms with Gasteiger partial charge in [-0.25, -0.2) is 0 Å². The quantitative estimate of drug-likeness (QED) is 0.921. The molecule has 1 amide bonds. The van der Waals surface area contributed by atoms with Crippen LogP contribution < -0.4 is 10.1 Å². The molecular formula is C17H24N2O2. The van der Waals surface area contributed by atoms with Crippen molar-refractivity contribution in [3.05, 3.63) is 29.8 Å². The second kappa shape index (κ2) is 6.06. The monoisotopic (exact) mass is 288 g/mol. The van der Waals surface area contributed by atoms with Crippen LogP contribution in [-0.2, 0) is 11.2 Å². The Balaban J connectivity index is 1.59. The van der Waals surface area contributed by atoms with Crippen LogP contribution in [0.25, 0.3) is 0 Å². The van der Waals surface area contributed by atoms with Crippen molar-refractivity contribution in [1.82, 2.24) is 10.2 Å². The summed E-state index contributed by atoms with van der Waals surface area (Å²) < 4.78 is 5.96. The molecule has 0 aromatic heterocycles. The lowest BCUT2D eigenvalue weighted by molar-refractivity contribution is -0.137. The van der Waals surface area contributed by atoms with Gasteiger partial charge < -0.3 is 15.0 Å². The Morgan fingerprint density at radius 3 is 2.95 bits per heavy atom. The Hall–Kier alpha value is -1.55. The van der Waals surface area contributed by atoms with Gasteiger partial charge in [0.05, 0.1) is 12.6 Å². The van der Waals surface area contributed by atoms with Gasteiger partial charge in [0.15, 0.2) is 0 Å². The van der Waals surface area contributed by atoms with E-state index in [1.807, 2.05) is 23.1 Å². The predicted octanol–water partition coefficient (Wildman–Crippen LogP) is 1.98. The lowest BCUT2D eigenvalue weighted by Crippen LogP contribution is -2.54. The molecule has 2 aliphatic heterocycles. The standard InChI is InChI=1S/C17H24N2O2/c1-12(2)18-15-7-5-9-19(17(15)20)11-14-10-13-6-3-4-8-16(13)21-14/h3-4,6,8,12,14-15,18H,5,7,9-11H2,1-2H3. The summed E-state index contributed by atoms with van der Waals surface area (Å²) in [7, 11) is 0. The first-order valence-electron chi connectivity index (χ1n) is 7.93. The fraction of sp³-hybridized carbons (Fsp3) is 0.588. The first-order valence-corrected chi connectivity index (χ1v) is 7.93. The number of nitrogens with one attached hydrogen (secondary N) is 1. The molecule has 0 aliphatic carbocycles. The van der Waals surface area contributed by atoms with Gasteiger partial charge in [0.25, 0.3) is 0 Å². The number of hydrogen-bond acceptors (Lipinski definition) is 3. The molecule has 0 radical (unpaired) electrons. The molecule has 4 heteroatoms. The second-order valence-electron chi connectivity index (χ2n) is 6.35. The van der Waals surface area contributed by atoms with Gasteiger partial charge in [-0.15, -0.1) is 0 Å². The van der Waals surface area contributed by atoms with E-state index in [1.54, 1.807) is 0 Å². The van der Waals surface area contributed by atoms with Crippen molar-refractivity contribution in [2.24, 2.45) is 0 Å². The normalized spacial score (nSPS) is 25.1. The summed E-state index contributed by atoms with van der Waals surface area (Å²) in [6, 6.07) is 8.47. The Morgan fingerprint density at radius 2 is 2.19 bits per heavy atom. The summed E-state index contributed by atoms with van der Waals surface area (Å²) in [6.07, 6.45) is 3.02. The van der Waals surface area contributed by atoms with Crippen LogP contribution in [0.1, 0.15) is 32.3 Å². The molecule has 0 spiro atoms. The Kier molecular flexibility index (Phi) is 4.15. The molecule has 21 heavy (non-hydrogen) atoms. The minimum Gasteiger partial charge on any atom is -0.488 e. The largest absolute Gasteiger partial charge is 0.488 e. The predicted molar refractivity (Wildman–Crippen MR) is 82.4 cm³/mol. The van der Waals surface area contributed by atoms with Gasteiger partial charge in [0.1, 0.15) is 11.9 Å². The molecule has 2 aliphatic rings. The lowest BCUT2D eigenvalue weighted by Gasteiger charge is -2.34. The average molecular weight is 288 g/mol. The van der Waals surface area contributed by atoms with E-state index in [2.05, 4.69) is 25.2 Å². The third-order valence-corrected chi connectivity index (χ3v) is 4.20. The Morgan fingerprint density at radius 1 is 1.38 bits per heavy atom. The molecule has 0 bridgehead atoms. The average Bonchev–Trinajstić information content (AvgIpc) is 2.85. The second-order valence-corrected chi connectivity index (χ2v) is 6.35. The number of fused-ring (bicyclic) bond motifs is 1. The highest BCUT2D eigenvalue weighted by atomic mass is 16.5. The van der Waals surface area contributed by atoms with Gasteiger partial charge in [-0.1, -0.05) is 32.0 Å². The van der Waals surface area contributed by atoms with Crippen LogP contribution in [0, 0.1) is 0 Å². The van der Waals surface area contributed by atoms with Gasteiger partial charge in [0, 0.05) is 19.0 Å². The van der Waals surface area contributed by atoms with Crippen molar-refractivity contribution in [3.63, 3.8) is 0 Å². The molecule has 1 saturated heterocycles. The summed E-state index contributed by atoms with van der Waals surface area (Å²) in [5.74, 6) is 1.21. The molecule has 1 aromatic rings. The Labute approximate surface area is 126 Å². The molecule has 1 N–H and O–H groups in total. The van der Waals surface area contributed by atoms with Crippen LogP contribution in [0.5, 0.6) is 5.75 Å². The van der Waals surface area contributed by atoms with Crippen molar-refractivity contribution >= 4 is 5.91 Å². The van der Waals surface area contributed by atoms with Crippen LogP contribution in [0.2, 0.25) is 0 Å². The van der Waals surface area contributed by atoms with Gasteiger partial charge in [-0.3, -0.25) is 4.79 Å². The van der Waals surface area contributed by atoms with Crippen LogP contribution in [0.15, 0.2) is 24.3 Å². The molecule has 3 rings (SSSR count). The molecule has 114 valence electrons. The maximum Gasteiger partial charge on any atom is 0.239 e. The van der Waals surface area contributed by atoms with E-state index in [1.165, 1.54) is 5.56 Å². The number of hydrogen-bond donors (Lipinski definition) is 1. The maximum absolute atomic E-state index is 12.5. The van der Waals surface area contributed by atoms with Gasteiger partial charge in [-0.05, 0) is 24.5 Å². The maximum atomic E-state index is 12.5. The van der Waals surface area contributed by atoms with E-state index in [0.717, 1.165) is 31.6 Å². The van der Waals surface area contributed by atoms with Crippen molar-refractivity contribution in [2.45, 2.75) is 51.3 Å². The van der Waals surface area contributed by atoms with Crippen molar-refractivity contribution < 1.29 is 9.53 Å². The molecule has 1 aromatic carbocycles. The zero-order valence-corrected chi connectivity index (χ0v) is 12.8. The van der Waals surface area contributed by atoms with Gasteiger partial charge in [0.2, 0.25) is 5.91 Å². The zero-order chi connectivity index (χ0) is 14.8. The number of nitrogens with zero attached hydrogens (tertiary/aromatic N) is 1. The summed E-state index contributed by atoms with van der Waals surface area (Å²) in [6.45, 7) is 5.72. The van der Waals surface area contributed by atoms with Crippen molar-refractivity contribution in [1.29, 1.82) is 0 Å². The van der Waals surface area contributed by atoms with E-state index in [0.29, 0.717) is 12.6 Å². The molecular weight excluding hydrogens is 264 g/mol. The zero-order valence-electron chi connectivity index (χ0n) is 12.8. The molecule has 2 atom stereocenters. The summed E-state index contributed by atoms with van der Waals surface area (Å²) >= 11 is 0. The number of para-hydroxylation sites is 1. The number of ether oxygens (including phenoxy) is 1. The number of piperidine rings is 1. The van der Waals surface area contributed by atoms with Gasteiger partial charge >= 0.3 is 0 Å². The lowest BCUT2D eigenvalue weighted by atomic mass is 10.0.